The molecule has 0 bridgehead atoms. The minimum absolute atomic E-state index is 0.0503. The molecule has 0 amide bonds. The largest absolute Gasteiger partial charge is 0.480 e. The second-order valence-electron chi connectivity index (χ2n) is 4.86. The quantitative estimate of drug-likeness (QED) is 0.591. The molecule has 0 aliphatic carbocycles. The van der Waals surface area contributed by atoms with Gasteiger partial charge in [0.05, 0.1) is 22.5 Å². The minimum Gasteiger partial charge on any atom is -0.480 e. The van der Waals surface area contributed by atoms with Crippen LogP contribution in [0.2, 0.25) is 0 Å². The molecule has 0 aliphatic heterocycles. The number of imidazole rings is 1. The molecule has 0 fully saturated rings. The van der Waals surface area contributed by atoms with E-state index in [1.54, 1.807) is 16.7 Å². The molecular weight excluding hydrogens is 270 g/mol. The van der Waals surface area contributed by atoms with Crippen LogP contribution in [0, 0.1) is 17.0 Å². The molecule has 0 unspecified atom stereocenters. The van der Waals surface area contributed by atoms with E-state index in [0.29, 0.717) is 6.54 Å². The van der Waals surface area contributed by atoms with Gasteiger partial charge in [-0.1, -0.05) is 24.3 Å². The molecule has 0 saturated heterocycles. The summed E-state index contributed by atoms with van der Waals surface area (Å²) in [6.07, 6.45) is 0. The predicted octanol–water partition coefficient (Wildman–Crippen LogP) is 3.01. The van der Waals surface area contributed by atoms with Crippen molar-refractivity contribution >= 4 is 16.7 Å². The van der Waals surface area contributed by atoms with Gasteiger partial charge in [-0.3, -0.25) is 14.7 Å². The molecule has 0 atom stereocenters. The zero-order chi connectivity index (χ0) is 15.0. The summed E-state index contributed by atoms with van der Waals surface area (Å²) in [4.78, 5) is 14.4. The number of aromatic nitrogens is 2. The number of benzene rings is 2. The zero-order valence-electron chi connectivity index (χ0n) is 11.4. The van der Waals surface area contributed by atoms with Crippen molar-refractivity contribution < 1.29 is 10.0 Å². The molecule has 6 heteroatoms. The molecular formula is C15H13N3O3. The van der Waals surface area contributed by atoms with Crippen molar-refractivity contribution in [3.05, 3.63) is 63.7 Å². The highest BCUT2D eigenvalue weighted by Gasteiger charge is 2.12. The summed E-state index contributed by atoms with van der Waals surface area (Å²) >= 11 is 0. The number of fused-ring (bicyclic) bond motifs is 1. The van der Waals surface area contributed by atoms with Crippen LogP contribution >= 0.6 is 0 Å². The van der Waals surface area contributed by atoms with Gasteiger partial charge in [0.25, 0.3) is 11.7 Å². The van der Waals surface area contributed by atoms with Crippen molar-refractivity contribution in [2.75, 3.05) is 0 Å². The maximum absolute atomic E-state index is 10.6. The fraction of sp³-hybridized carbons (Fsp3) is 0.133. The van der Waals surface area contributed by atoms with Crippen LogP contribution in [0.25, 0.3) is 11.0 Å². The number of hydrogen-bond donors (Lipinski definition) is 1. The Hall–Kier alpha value is -2.89. The molecule has 1 N–H and O–H groups in total. The van der Waals surface area contributed by atoms with E-state index in [1.807, 2.05) is 25.1 Å². The molecule has 0 spiro atoms. The molecule has 3 aromatic rings. The number of aryl methyl sites for hydroxylation is 1. The third-order valence-corrected chi connectivity index (χ3v) is 3.45. The molecule has 0 aliphatic rings. The average Bonchev–Trinajstić information content (AvgIpc) is 2.78. The SMILES string of the molecule is Cc1cccc2c1nc(O)n2Cc1ccc([N+](=O)[O-])cc1. The number of rotatable bonds is 3. The van der Waals surface area contributed by atoms with Gasteiger partial charge in [0.15, 0.2) is 0 Å². The Morgan fingerprint density at radius 2 is 1.95 bits per heavy atom. The molecule has 21 heavy (non-hydrogen) atoms. The predicted molar refractivity (Wildman–Crippen MR) is 78.3 cm³/mol. The van der Waals surface area contributed by atoms with Crippen molar-refractivity contribution in [1.82, 2.24) is 9.55 Å². The summed E-state index contributed by atoms with van der Waals surface area (Å²) in [6.45, 7) is 2.34. The highest BCUT2D eigenvalue weighted by Crippen LogP contribution is 2.24. The Morgan fingerprint density at radius 1 is 1.24 bits per heavy atom. The Labute approximate surface area is 120 Å². The lowest BCUT2D eigenvalue weighted by atomic mass is 10.2. The highest BCUT2D eigenvalue weighted by atomic mass is 16.6. The van der Waals surface area contributed by atoms with E-state index in [1.165, 1.54) is 12.1 Å². The molecule has 0 saturated carbocycles. The van der Waals surface area contributed by atoms with Crippen molar-refractivity contribution in [1.29, 1.82) is 0 Å². The maximum Gasteiger partial charge on any atom is 0.295 e. The number of para-hydroxylation sites is 1. The normalized spacial score (nSPS) is 10.9. The van der Waals surface area contributed by atoms with Crippen molar-refractivity contribution in [2.24, 2.45) is 0 Å². The Bertz CT molecular complexity index is 822. The smallest absolute Gasteiger partial charge is 0.295 e. The van der Waals surface area contributed by atoms with Crippen LogP contribution in [0.5, 0.6) is 6.01 Å². The lowest BCUT2D eigenvalue weighted by molar-refractivity contribution is -0.384. The molecule has 0 radical (unpaired) electrons. The minimum atomic E-state index is -0.433. The van der Waals surface area contributed by atoms with Crippen molar-refractivity contribution in [2.45, 2.75) is 13.5 Å². The second-order valence-corrected chi connectivity index (χ2v) is 4.86. The molecule has 6 nitrogen and oxygen atoms in total. The number of nitro benzene ring substituents is 1. The molecule has 1 aromatic heterocycles. The van der Waals surface area contributed by atoms with E-state index in [9.17, 15) is 15.2 Å². The first-order valence-electron chi connectivity index (χ1n) is 6.44. The van der Waals surface area contributed by atoms with Gasteiger partial charge in [-0.05, 0) is 24.1 Å². The van der Waals surface area contributed by atoms with E-state index in [-0.39, 0.29) is 11.7 Å². The third-order valence-electron chi connectivity index (χ3n) is 3.45. The first-order valence-corrected chi connectivity index (χ1v) is 6.44. The van der Waals surface area contributed by atoms with E-state index in [4.69, 9.17) is 0 Å². The van der Waals surface area contributed by atoms with Crippen LogP contribution < -0.4 is 0 Å². The fourth-order valence-corrected chi connectivity index (χ4v) is 2.34. The van der Waals surface area contributed by atoms with Crippen LogP contribution in [0.1, 0.15) is 11.1 Å². The Kier molecular flexibility index (Phi) is 3.06. The fourth-order valence-electron chi connectivity index (χ4n) is 2.34. The van der Waals surface area contributed by atoms with E-state index >= 15 is 0 Å². The number of non-ortho nitro benzene ring substituents is 1. The van der Waals surface area contributed by atoms with E-state index in [2.05, 4.69) is 4.98 Å². The summed E-state index contributed by atoms with van der Waals surface area (Å²) in [5.74, 6) is 0. The third kappa shape index (κ3) is 2.31. The van der Waals surface area contributed by atoms with Gasteiger partial charge < -0.3 is 5.11 Å². The van der Waals surface area contributed by atoms with Gasteiger partial charge >= 0.3 is 0 Å². The summed E-state index contributed by atoms with van der Waals surface area (Å²) in [7, 11) is 0. The number of nitro groups is 1. The van der Waals surface area contributed by atoms with Gasteiger partial charge in [0.1, 0.15) is 0 Å². The first-order chi connectivity index (χ1) is 10.1. The van der Waals surface area contributed by atoms with Crippen molar-refractivity contribution in [3.63, 3.8) is 0 Å². The van der Waals surface area contributed by atoms with Crippen molar-refractivity contribution in [3.8, 4) is 6.01 Å². The molecule has 3 rings (SSSR count). The van der Waals surface area contributed by atoms with Gasteiger partial charge in [-0.15, -0.1) is 0 Å². The monoisotopic (exact) mass is 283 g/mol. The van der Waals surface area contributed by atoms with Crippen LogP contribution in [0.3, 0.4) is 0 Å². The first kappa shape index (κ1) is 13.1. The van der Waals surface area contributed by atoms with E-state index in [0.717, 1.165) is 22.2 Å². The van der Waals surface area contributed by atoms with Crippen LogP contribution in [0.4, 0.5) is 5.69 Å². The molecule has 106 valence electrons. The summed E-state index contributed by atoms with van der Waals surface area (Å²) < 4.78 is 1.68. The highest BCUT2D eigenvalue weighted by molar-refractivity contribution is 5.80. The summed E-state index contributed by atoms with van der Waals surface area (Å²) in [5, 5.41) is 20.7. The van der Waals surface area contributed by atoms with Gasteiger partial charge in [-0.25, -0.2) is 0 Å². The topological polar surface area (TPSA) is 81.2 Å². The summed E-state index contributed by atoms with van der Waals surface area (Å²) in [5.41, 5.74) is 3.50. The lowest BCUT2D eigenvalue weighted by Gasteiger charge is -2.06. The molecule has 1 heterocycles. The Morgan fingerprint density at radius 3 is 2.62 bits per heavy atom. The van der Waals surface area contributed by atoms with Gasteiger partial charge in [0.2, 0.25) is 0 Å². The van der Waals surface area contributed by atoms with Crippen LogP contribution in [-0.4, -0.2) is 19.6 Å². The number of aromatic hydroxyl groups is 1. The summed E-state index contributed by atoms with van der Waals surface area (Å²) in [6, 6.07) is 11.9. The van der Waals surface area contributed by atoms with E-state index < -0.39 is 4.92 Å². The zero-order valence-corrected chi connectivity index (χ0v) is 11.4. The maximum atomic E-state index is 10.6. The second kappa shape index (κ2) is 4.90. The number of nitrogens with zero attached hydrogens (tertiary/aromatic N) is 3. The molecule has 2 aromatic carbocycles. The lowest BCUT2D eigenvalue weighted by Crippen LogP contribution is -1.99. The standard InChI is InChI=1S/C15H13N3O3/c1-10-3-2-4-13-14(10)16-15(19)17(13)9-11-5-7-12(8-6-11)18(20)21/h2-8H,9H2,1H3,(H,16,19). The van der Waals surface area contributed by atoms with Crippen LogP contribution in [0.15, 0.2) is 42.5 Å². The Balaban J connectivity index is 2.00. The number of hydrogen-bond acceptors (Lipinski definition) is 4. The van der Waals surface area contributed by atoms with Crippen LogP contribution in [-0.2, 0) is 6.54 Å². The van der Waals surface area contributed by atoms with Gasteiger partial charge in [-0.2, -0.15) is 4.98 Å². The van der Waals surface area contributed by atoms with Gasteiger partial charge in [0, 0.05) is 12.1 Å². The average molecular weight is 283 g/mol.